The Balaban J connectivity index is 1.12. The second kappa shape index (κ2) is 23.4. The fourth-order valence-electron chi connectivity index (χ4n) is 11.1. The largest absolute Gasteiger partial charge is 0.462 e. The Hall–Kier alpha value is -2.39. The summed E-state index contributed by atoms with van der Waals surface area (Å²) in [7, 11) is 4.94. The highest BCUT2D eigenvalue weighted by Gasteiger charge is 2.60. The van der Waals surface area contributed by atoms with Crippen LogP contribution in [0.4, 0.5) is 0 Å². The fraction of sp³-hybridized carbons (Fsp3) is 0.788. The van der Waals surface area contributed by atoms with Crippen LogP contribution >= 0.6 is 0 Å². The molecular weight excluding hydrogens is 881 g/mol. The molecule has 16 nitrogen and oxygen atoms in total. The van der Waals surface area contributed by atoms with Crippen LogP contribution in [0.3, 0.4) is 0 Å². The van der Waals surface area contributed by atoms with Crippen molar-refractivity contribution in [3.8, 4) is 0 Å². The van der Waals surface area contributed by atoms with Crippen molar-refractivity contribution < 1.29 is 76.6 Å². The van der Waals surface area contributed by atoms with Gasteiger partial charge in [-0.25, -0.2) is 0 Å². The number of methoxy groups -OCH3 is 3. The van der Waals surface area contributed by atoms with E-state index in [0.29, 0.717) is 56.5 Å². The lowest BCUT2D eigenvalue weighted by atomic mass is 9.71. The highest BCUT2D eigenvalue weighted by Crippen LogP contribution is 2.47. The Kier molecular flexibility index (Phi) is 18.4. The van der Waals surface area contributed by atoms with Crippen LogP contribution in [-0.4, -0.2) is 161 Å². The zero-order chi connectivity index (χ0) is 48.9. The van der Waals surface area contributed by atoms with Gasteiger partial charge < -0.3 is 71.8 Å². The summed E-state index contributed by atoms with van der Waals surface area (Å²) in [6.07, 6.45) is 9.30. The van der Waals surface area contributed by atoms with E-state index in [4.69, 9.17) is 61.6 Å². The molecule has 6 heterocycles. The van der Waals surface area contributed by atoms with Crippen LogP contribution in [0.1, 0.15) is 93.9 Å². The molecule has 2 N–H and O–H groups in total. The average molecular weight is 961 g/mol. The first kappa shape index (κ1) is 53.4. The maximum Gasteiger partial charge on any atom is 0.316 e. The lowest BCUT2D eigenvalue weighted by Gasteiger charge is -2.48. The van der Waals surface area contributed by atoms with E-state index in [0.717, 1.165) is 12.0 Å². The van der Waals surface area contributed by atoms with Crippen molar-refractivity contribution in [3.63, 3.8) is 0 Å². The Morgan fingerprint density at radius 3 is 2.28 bits per heavy atom. The van der Waals surface area contributed by atoms with Gasteiger partial charge >= 0.3 is 5.97 Å². The standard InChI is InChI=1S/C52H80O16/c1-12-29(2)46-32(5)18-19-51(68-46)26-38-23-37(67-51)17-16-31(4)45(30(3)14-13-15-36-27-60-49-44(53)33(6)22-39(50(54)64-38)52(36,49)55)65-42-25-41(58-11)48(35(8)63-42)66-43-24-40(57-10)47(34(7)62-43)61-28-59-21-20-56-9/h13-16,18-19,22,29-30,32,34-35,37-49,53,55H,12,17,20-21,23-28H2,1-11H3/t29?,30?,32-,34-,35-,37+,38-,39-,40-,41-,42?,43?,44+,45-,46+,47+,48-,49+,51+,52+/m0/s1. The highest BCUT2D eigenvalue weighted by atomic mass is 16.7. The van der Waals surface area contributed by atoms with E-state index in [1.807, 2.05) is 39.0 Å². The van der Waals surface area contributed by atoms with Crippen LogP contribution in [0.15, 0.2) is 59.3 Å². The van der Waals surface area contributed by atoms with Crippen LogP contribution in [0, 0.1) is 23.7 Å². The molecular formula is C52H80O16. The van der Waals surface area contributed by atoms with Crippen LogP contribution in [0.25, 0.3) is 0 Å². The van der Waals surface area contributed by atoms with Gasteiger partial charge in [-0.05, 0) is 62.8 Å². The minimum atomic E-state index is -1.84. The van der Waals surface area contributed by atoms with Crippen molar-refractivity contribution in [2.45, 2.75) is 191 Å². The van der Waals surface area contributed by atoms with Gasteiger partial charge in [0.2, 0.25) is 0 Å². The van der Waals surface area contributed by atoms with Crippen LogP contribution in [0.5, 0.6) is 0 Å². The number of carbonyl (C=O) groups is 1. The van der Waals surface area contributed by atoms with Crippen molar-refractivity contribution in [1.29, 1.82) is 0 Å². The van der Waals surface area contributed by atoms with Crippen molar-refractivity contribution in [2.24, 2.45) is 23.7 Å². The van der Waals surface area contributed by atoms with Crippen LogP contribution < -0.4 is 0 Å². The number of allylic oxidation sites excluding steroid dienone is 2. The molecule has 68 heavy (non-hydrogen) atoms. The van der Waals surface area contributed by atoms with Gasteiger partial charge in [0.05, 0.1) is 62.5 Å². The first-order chi connectivity index (χ1) is 32.5. The molecule has 20 atom stereocenters. The molecule has 0 aromatic carbocycles. The Morgan fingerprint density at radius 1 is 0.868 bits per heavy atom. The van der Waals surface area contributed by atoms with Gasteiger partial charge in [0.25, 0.3) is 0 Å². The van der Waals surface area contributed by atoms with E-state index in [1.165, 1.54) is 0 Å². The molecule has 4 unspecified atom stereocenters. The summed E-state index contributed by atoms with van der Waals surface area (Å²) in [4.78, 5) is 14.4. The molecule has 1 spiro atoms. The predicted octanol–water partition coefficient (Wildman–Crippen LogP) is 6.02. The van der Waals surface area contributed by atoms with Crippen molar-refractivity contribution in [2.75, 3.05) is 47.9 Å². The monoisotopic (exact) mass is 961 g/mol. The molecule has 7 rings (SSSR count). The average Bonchev–Trinajstić information content (AvgIpc) is 3.65. The fourth-order valence-corrected chi connectivity index (χ4v) is 11.1. The van der Waals surface area contributed by atoms with E-state index >= 15 is 0 Å². The zero-order valence-electron chi connectivity index (χ0n) is 42.1. The molecule has 4 saturated heterocycles. The molecule has 0 aromatic heterocycles. The van der Waals surface area contributed by atoms with E-state index in [2.05, 4.69) is 39.8 Å². The number of aliphatic hydroxyl groups excluding tert-OH is 1. The smallest absolute Gasteiger partial charge is 0.316 e. The molecule has 0 aromatic rings. The van der Waals surface area contributed by atoms with Gasteiger partial charge in [0.15, 0.2) is 18.4 Å². The van der Waals surface area contributed by atoms with Gasteiger partial charge in [0.1, 0.15) is 48.8 Å². The third-order valence-electron chi connectivity index (χ3n) is 15.2. The van der Waals surface area contributed by atoms with Crippen LogP contribution in [0.2, 0.25) is 0 Å². The molecule has 1 aliphatic carbocycles. The molecule has 6 aliphatic heterocycles. The van der Waals surface area contributed by atoms with Crippen molar-refractivity contribution in [1.82, 2.24) is 0 Å². The van der Waals surface area contributed by atoms with E-state index in [-0.39, 0.29) is 61.7 Å². The molecule has 16 heteroatoms. The van der Waals surface area contributed by atoms with E-state index < -0.39 is 78.6 Å². The lowest BCUT2D eigenvalue weighted by Crippen LogP contribution is -2.58. The van der Waals surface area contributed by atoms with Gasteiger partial charge in [-0.15, -0.1) is 0 Å². The number of esters is 1. The Labute approximate surface area is 403 Å². The maximum absolute atomic E-state index is 14.4. The van der Waals surface area contributed by atoms with Gasteiger partial charge in [-0.2, -0.15) is 0 Å². The molecule has 2 bridgehead atoms. The summed E-state index contributed by atoms with van der Waals surface area (Å²) in [5, 5.41) is 23.8. The van der Waals surface area contributed by atoms with Gasteiger partial charge in [-0.1, -0.05) is 70.6 Å². The molecule has 7 aliphatic rings. The number of fused-ring (bicyclic) bond motifs is 2. The quantitative estimate of drug-likeness (QED) is 0.0893. The summed E-state index contributed by atoms with van der Waals surface area (Å²) in [6.45, 7) is 17.3. The molecule has 0 radical (unpaired) electrons. The normalized spacial score (nSPS) is 43.9. The summed E-state index contributed by atoms with van der Waals surface area (Å²) >= 11 is 0. The zero-order valence-corrected chi connectivity index (χ0v) is 42.1. The Morgan fingerprint density at radius 2 is 1.57 bits per heavy atom. The number of rotatable bonds is 14. The van der Waals surface area contributed by atoms with Gasteiger partial charge in [0, 0.05) is 58.8 Å². The topological polar surface area (TPSA) is 178 Å². The van der Waals surface area contributed by atoms with E-state index in [9.17, 15) is 15.0 Å². The number of aliphatic hydroxyl groups is 2. The molecule has 0 saturated carbocycles. The summed E-state index contributed by atoms with van der Waals surface area (Å²) < 4.78 is 81.4. The molecule has 0 amide bonds. The third kappa shape index (κ3) is 11.8. The maximum atomic E-state index is 14.4. The minimum Gasteiger partial charge on any atom is -0.462 e. The number of hydrogen-bond donors (Lipinski definition) is 2. The second-order valence-corrected chi connectivity index (χ2v) is 20.1. The third-order valence-corrected chi connectivity index (χ3v) is 15.2. The summed E-state index contributed by atoms with van der Waals surface area (Å²) in [5.41, 5.74) is 0.131. The number of hydrogen-bond acceptors (Lipinski definition) is 16. The lowest BCUT2D eigenvalue weighted by molar-refractivity contribution is -0.323. The number of ether oxygens (including phenoxy) is 13. The van der Waals surface area contributed by atoms with Gasteiger partial charge in [-0.3, -0.25) is 4.79 Å². The second-order valence-electron chi connectivity index (χ2n) is 20.1. The first-order valence-corrected chi connectivity index (χ1v) is 24.9. The SMILES string of the molecule is CCC(C)[C@H]1O[C@]2(C=C[C@@H]1C)C[C@@H]1C[C@@H](CC=C(C)[C@@H](OC3C[C@H](OC)[C@@H](OC4C[C@H](OC)[C@H](OCOCCOC)[C@H](C)O4)[C@H](C)O3)C(C)C=CC=C3CO[C@@H]4[C@H](O)C(C)=C[C@@H](C(=O)O1)[C@]34O)O2. The molecule has 384 valence electrons. The Bertz CT molecular complexity index is 1830. The molecule has 4 fully saturated rings. The predicted molar refractivity (Wildman–Crippen MR) is 249 cm³/mol. The minimum absolute atomic E-state index is 0.0298. The first-order valence-electron chi connectivity index (χ1n) is 24.9. The summed E-state index contributed by atoms with van der Waals surface area (Å²) in [6, 6.07) is 0. The van der Waals surface area contributed by atoms with Crippen molar-refractivity contribution >= 4 is 5.97 Å². The highest BCUT2D eigenvalue weighted by molar-refractivity contribution is 5.78. The van der Waals surface area contributed by atoms with Crippen LogP contribution in [-0.2, 0) is 66.4 Å². The van der Waals surface area contributed by atoms with E-state index in [1.54, 1.807) is 40.4 Å². The van der Waals surface area contributed by atoms with Crippen molar-refractivity contribution in [3.05, 3.63) is 59.3 Å². The number of carbonyl (C=O) groups excluding carboxylic acids is 1. The summed E-state index contributed by atoms with van der Waals surface area (Å²) in [5.74, 6) is -2.58.